The molecule has 2 rings (SSSR count). The van der Waals surface area contributed by atoms with Crippen LogP contribution in [0.5, 0.6) is 0 Å². The van der Waals surface area contributed by atoms with Gasteiger partial charge in [-0.05, 0) is 24.6 Å². The lowest BCUT2D eigenvalue weighted by atomic mass is 10.2. The fraction of sp³-hybridized carbons (Fsp3) is 0.200. The molecule has 21 heavy (non-hydrogen) atoms. The third-order valence-electron chi connectivity index (χ3n) is 2.90. The first kappa shape index (κ1) is 15.1. The van der Waals surface area contributed by atoms with E-state index in [9.17, 15) is 9.59 Å². The van der Waals surface area contributed by atoms with Crippen molar-refractivity contribution in [2.24, 2.45) is 0 Å². The van der Waals surface area contributed by atoms with E-state index in [1.54, 1.807) is 12.1 Å². The van der Waals surface area contributed by atoms with Gasteiger partial charge in [0.25, 0.3) is 5.56 Å². The molecule has 5 nitrogen and oxygen atoms in total. The number of nitrogen functional groups attached to an aromatic ring is 1. The number of benzene rings is 1. The van der Waals surface area contributed by atoms with Crippen molar-refractivity contribution in [1.82, 2.24) is 4.57 Å². The summed E-state index contributed by atoms with van der Waals surface area (Å²) in [5.74, 6) is -0.528. The van der Waals surface area contributed by atoms with Crippen LogP contribution in [0.4, 0.5) is 5.69 Å². The van der Waals surface area contributed by atoms with E-state index in [-0.39, 0.29) is 18.7 Å². The molecule has 2 aromatic rings. The molecular formula is C15H15ClN2O3. The summed E-state index contributed by atoms with van der Waals surface area (Å²) in [7, 11) is 0. The maximum absolute atomic E-state index is 11.8. The smallest absolute Gasteiger partial charge is 0.326 e. The molecule has 0 aliphatic heterocycles. The van der Waals surface area contributed by atoms with E-state index in [1.165, 1.54) is 22.9 Å². The van der Waals surface area contributed by atoms with Crippen molar-refractivity contribution in [3.05, 3.63) is 63.0 Å². The van der Waals surface area contributed by atoms with Crippen LogP contribution in [0.1, 0.15) is 11.1 Å². The molecule has 0 aliphatic rings. The molecule has 0 spiro atoms. The van der Waals surface area contributed by atoms with E-state index >= 15 is 0 Å². The van der Waals surface area contributed by atoms with Gasteiger partial charge in [0.05, 0.1) is 0 Å². The largest absolute Gasteiger partial charge is 0.459 e. The second-order valence-electron chi connectivity index (χ2n) is 4.68. The number of halogens is 1. The third kappa shape index (κ3) is 4.10. The number of nitrogens with two attached hydrogens (primary N) is 1. The Morgan fingerprint density at radius 3 is 2.81 bits per heavy atom. The fourth-order valence-electron chi connectivity index (χ4n) is 1.79. The minimum Gasteiger partial charge on any atom is -0.459 e. The van der Waals surface area contributed by atoms with Gasteiger partial charge in [0, 0.05) is 28.5 Å². The van der Waals surface area contributed by atoms with E-state index in [4.69, 9.17) is 22.1 Å². The number of aromatic nitrogens is 1. The number of aryl methyl sites for hydroxylation is 1. The van der Waals surface area contributed by atoms with E-state index in [0.717, 1.165) is 11.1 Å². The zero-order chi connectivity index (χ0) is 15.4. The molecule has 0 saturated carbocycles. The molecule has 6 heteroatoms. The van der Waals surface area contributed by atoms with Gasteiger partial charge < -0.3 is 15.0 Å². The van der Waals surface area contributed by atoms with Crippen LogP contribution in [0, 0.1) is 6.92 Å². The molecule has 0 radical (unpaired) electrons. The van der Waals surface area contributed by atoms with Crippen LogP contribution in [0.3, 0.4) is 0 Å². The van der Waals surface area contributed by atoms with Crippen LogP contribution in [0.2, 0.25) is 5.02 Å². The Balaban J connectivity index is 1.99. The van der Waals surface area contributed by atoms with Crippen molar-refractivity contribution in [3.8, 4) is 0 Å². The van der Waals surface area contributed by atoms with Crippen molar-refractivity contribution < 1.29 is 9.53 Å². The summed E-state index contributed by atoms with van der Waals surface area (Å²) in [5.41, 5.74) is 7.42. The highest BCUT2D eigenvalue weighted by Gasteiger charge is 2.08. The van der Waals surface area contributed by atoms with Crippen LogP contribution in [-0.4, -0.2) is 10.5 Å². The summed E-state index contributed by atoms with van der Waals surface area (Å²) in [5, 5.41) is 0.545. The Bertz CT molecular complexity index is 725. The summed E-state index contributed by atoms with van der Waals surface area (Å²) in [6, 6.07) is 8.28. The first-order chi connectivity index (χ1) is 9.95. The van der Waals surface area contributed by atoms with Crippen molar-refractivity contribution in [3.63, 3.8) is 0 Å². The van der Waals surface area contributed by atoms with Crippen LogP contribution < -0.4 is 11.3 Å². The molecule has 0 unspecified atom stereocenters. The normalized spacial score (nSPS) is 10.4. The molecular weight excluding hydrogens is 292 g/mol. The molecule has 2 N–H and O–H groups in total. The van der Waals surface area contributed by atoms with E-state index in [1.807, 2.05) is 13.0 Å². The predicted octanol–water partition coefficient (Wildman–Crippen LogP) is 2.14. The number of carbonyl (C=O) groups excluding carboxylic acids is 1. The second-order valence-corrected chi connectivity index (χ2v) is 5.09. The number of esters is 1. The number of hydrogen-bond donors (Lipinski definition) is 1. The van der Waals surface area contributed by atoms with Gasteiger partial charge in [-0.25, -0.2) is 0 Å². The van der Waals surface area contributed by atoms with Crippen molar-refractivity contribution in [2.45, 2.75) is 20.1 Å². The molecule has 1 aromatic heterocycles. The highest BCUT2D eigenvalue weighted by atomic mass is 35.5. The topological polar surface area (TPSA) is 74.3 Å². The number of ether oxygens (including phenoxy) is 1. The maximum Gasteiger partial charge on any atom is 0.326 e. The predicted molar refractivity (Wildman–Crippen MR) is 81.1 cm³/mol. The Kier molecular flexibility index (Phi) is 4.65. The second kappa shape index (κ2) is 6.45. The highest BCUT2D eigenvalue weighted by Crippen LogP contribution is 2.18. The minimum absolute atomic E-state index is 0.0645. The summed E-state index contributed by atoms with van der Waals surface area (Å²) >= 11 is 6.06. The molecule has 0 bridgehead atoms. The summed E-state index contributed by atoms with van der Waals surface area (Å²) in [4.78, 5) is 23.3. The lowest BCUT2D eigenvalue weighted by molar-refractivity contribution is -0.145. The Labute approximate surface area is 126 Å². The van der Waals surface area contributed by atoms with E-state index < -0.39 is 5.97 Å². The number of nitrogens with zero attached hydrogens (tertiary/aromatic N) is 1. The van der Waals surface area contributed by atoms with Crippen LogP contribution in [0.15, 0.2) is 41.3 Å². The summed E-state index contributed by atoms with van der Waals surface area (Å²) in [6.07, 6.45) is 1.41. The van der Waals surface area contributed by atoms with Crippen molar-refractivity contribution in [1.29, 1.82) is 0 Å². The standard InChI is InChI=1S/C15H15ClN2O3/c1-10-2-3-11(13(16)6-10)9-21-15(20)8-18-7-12(17)4-5-14(18)19/h2-7H,8-9,17H2,1H3. The van der Waals surface area contributed by atoms with E-state index in [2.05, 4.69) is 0 Å². The molecule has 0 atom stereocenters. The summed E-state index contributed by atoms with van der Waals surface area (Å²) < 4.78 is 6.33. The third-order valence-corrected chi connectivity index (χ3v) is 3.25. The van der Waals surface area contributed by atoms with Gasteiger partial charge in [-0.2, -0.15) is 0 Å². The monoisotopic (exact) mass is 306 g/mol. The lowest BCUT2D eigenvalue weighted by Gasteiger charge is -2.09. The average Bonchev–Trinajstić information content (AvgIpc) is 2.42. The number of hydrogen-bond acceptors (Lipinski definition) is 4. The van der Waals surface area contributed by atoms with Crippen LogP contribution in [0.25, 0.3) is 0 Å². The Morgan fingerprint density at radius 2 is 2.10 bits per heavy atom. The van der Waals surface area contributed by atoms with Gasteiger partial charge in [-0.3, -0.25) is 9.59 Å². The fourth-order valence-corrected chi connectivity index (χ4v) is 2.08. The lowest BCUT2D eigenvalue weighted by Crippen LogP contribution is -2.24. The van der Waals surface area contributed by atoms with Gasteiger partial charge in [0.15, 0.2) is 0 Å². The average molecular weight is 307 g/mol. The number of anilines is 1. The zero-order valence-electron chi connectivity index (χ0n) is 11.5. The molecule has 0 saturated heterocycles. The van der Waals surface area contributed by atoms with Gasteiger partial charge in [-0.1, -0.05) is 23.7 Å². The van der Waals surface area contributed by atoms with Crippen molar-refractivity contribution >= 4 is 23.3 Å². The molecule has 110 valence electrons. The van der Waals surface area contributed by atoms with E-state index in [0.29, 0.717) is 10.7 Å². The minimum atomic E-state index is -0.528. The molecule has 1 heterocycles. The molecule has 0 fully saturated rings. The highest BCUT2D eigenvalue weighted by molar-refractivity contribution is 6.31. The van der Waals surface area contributed by atoms with Gasteiger partial charge in [0.1, 0.15) is 13.2 Å². The Hall–Kier alpha value is -2.27. The molecule has 1 aromatic carbocycles. The van der Waals surface area contributed by atoms with Gasteiger partial charge in [0.2, 0.25) is 0 Å². The van der Waals surface area contributed by atoms with Gasteiger partial charge >= 0.3 is 5.97 Å². The SMILES string of the molecule is Cc1ccc(COC(=O)Cn2cc(N)ccc2=O)c(Cl)c1. The Morgan fingerprint density at radius 1 is 1.33 bits per heavy atom. The summed E-state index contributed by atoms with van der Waals surface area (Å²) in [6.45, 7) is 1.80. The first-order valence-electron chi connectivity index (χ1n) is 6.32. The quantitative estimate of drug-likeness (QED) is 0.878. The number of pyridine rings is 1. The number of rotatable bonds is 4. The maximum atomic E-state index is 11.8. The molecule has 0 aliphatic carbocycles. The first-order valence-corrected chi connectivity index (χ1v) is 6.70. The molecule has 0 amide bonds. The number of carbonyl (C=O) groups is 1. The van der Waals surface area contributed by atoms with Crippen LogP contribution >= 0.6 is 11.6 Å². The zero-order valence-corrected chi connectivity index (χ0v) is 12.3. The van der Waals surface area contributed by atoms with Crippen LogP contribution in [-0.2, 0) is 22.7 Å². The van der Waals surface area contributed by atoms with Crippen molar-refractivity contribution in [2.75, 3.05) is 5.73 Å². The van der Waals surface area contributed by atoms with Gasteiger partial charge in [-0.15, -0.1) is 0 Å².